The first-order valence-electron chi connectivity index (χ1n) is 6.28. The third kappa shape index (κ3) is 3.72. The van der Waals surface area contributed by atoms with Gasteiger partial charge in [0, 0.05) is 23.7 Å². The van der Waals surface area contributed by atoms with Crippen LogP contribution in [0.4, 0.5) is 0 Å². The smallest absolute Gasteiger partial charge is 0.123 e. The molecule has 1 N–H and O–H groups in total. The van der Waals surface area contributed by atoms with E-state index in [0.29, 0.717) is 0 Å². The lowest BCUT2D eigenvalue weighted by atomic mass is 10.1. The lowest BCUT2D eigenvalue weighted by Crippen LogP contribution is -2.14. The number of hydrogen-bond donors (Lipinski definition) is 1. The van der Waals surface area contributed by atoms with Crippen LogP contribution in [0.2, 0.25) is 5.02 Å². The van der Waals surface area contributed by atoms with Crippen LogP contribution in [-0.2, 0) is 13.1 Å². The van der Waals surface area contributed by atoms with Crippen LogP contribution in [0.15, 0.2) is 42.5 Å². The summed E-state index contributed by atoms with van der Waals surface area (Å²) in [7, 11) is 1.70. The normalized spacial score (nSPS) is 10.5. The average molecular weight is 276 g/mol. The molecule has 0 aromatic heterocycles. The molecule has 2 aromatic carbocycles. The van der Waals surface area contributed by atoms with Crippen molar-refractivity contribution in [1.82, 2.24) is 5.32 Å². The lowest BCUT2D eigenvalue weighted by Gasteiger charge is -2.11. The van der Waals surface area contributed by atoms with E-state index in [1.165, 1.54) is 11.1 Å². The first kappa shape index (κ1) is 13.9. The number of aryl methyl sites for hydroxylation is 1. The predicted octanol–water partition coefficient (Wildman–Crippen LogP) is 3.95. The van der Waals surface area contributed by atoms with Crippen LogP contribution in [0.3, 0.4) is 0 Å². The van der Waals surface area contributed by atoms with Gasteiger partial charge in [-0.05, 0) is 36.2 Å². The van der Waals surface area contributed by atoms with Crippen molar-refractivity contribution in [2.75, 3.05) is 7.11 Å². The molecule has 0 saturated carbocycles. The fourth-order valence-electron chi connectivity index (χ4n) is 2.04. The van der Waals surface area contributed by atoms with Crippen molar-refractivity contribution in [2.45, 2.75) is 20.0 Å². The molecule has 2 nitrogen and oxygen atoms in total. The Hall–Kier alpha value is -1.51. The van der Waals surface area contributed by atoms with Gasteiger partial charge in [0.25, 0.3) is 0 Å². The van der Waals surface area contributed by atoms with Gasteiger partial charge >= 0.3 is 0 Å². The van der Waals surface area contributed by atoms with Crippen molar-refractivity contribution in [3.05, 3.63) is 64.2 Å². The van der Waals surface area contributed by atoms with E-state index in [1.54, 1.807) is 7.11 Å². The van der Waals surface area contributed by atoms with Crippen LogP contribution in [-0.4, -0.2) is 7.11 Å². The van der Waals surface area contributed by atoms with Gasteiger partial charge in [-0.1, -0.05) is 35.9 Å². The van der Waals surface area contributed by atoms with E-state index in [-0.39, 0.29) is 0 Å². The van der Waals surface area contributed by atoms with Gasteiger partial charge in [-0.3, -0.25) is 0 Å². The summed E-state index contributed by atoms with van der Waals surface area (Å²) in [4.78, 5) is 0. The molecule has 19 heavy (non-hydrogen) atoms. The van der Waals surface area contributed by atoms with E-state index in [0.717, 1.165) is 29.4 Å². The summed E-state index contributed by atoms with van der Waals surface area (Å²) >= 11 is 5.95. The van der Waals surface area contributed by atoms with Gasteiger partial charge in [-0.2, -0.15) is 0 Å². The summed E-state index contributed by atoms with van der Waals surface area (Å²) in [5, 5.41) is 4.21. The number of benzene rings is 2. The van der Waals surface area contributed by atoms with Gasteiger partial charge in [0.1, 0.15) is 5.75 Å². The number of ether oxygens (including phenoxy) is 1. The number of hydrogen-bond acceptors (Lipinski definition) is 2. The second kappa shape index (κ2) is 6.60. The Morgan fingerprint density at radius 1 is 1.05 bits per heavy atom. The molecule has 100 valence electrons. The Labute approximate surface area is 119 Å². The summed E-state index contributed by atoms with van der Waals surface area (Å²) in [5.74, 6) is 0.919. The molecule has 0 fully saturated rings. The molecule has 0 atom stereocenters. The van der Waals surface area contributed by atoms with Gasteiger partial charge < -0.3 is 10.1 Å². The first-order chi connectivity index (χ1) is 9.20. The fourth-order valence-corrected chi connectivity index (χ4v) is 2.27. The lowest BCUT2D eigenvalue weighted by molar-refractivity contribution is 0.407. The zero-order valence-electron chi connectivity index (χ0n) is 11.2. The number of nitrogens with one attached hydrogen (secondary N) is 1. The Bertz CT molecular complexity index is 554. The highest BCUT2D eigenvalue weighted by molar-refractivity contribution is 6.30. The monoisotopic (exact) mass is 275 g/mol. The van der Waals surface area contributed by atoms with Crippen molar-refractivity contribution in [3.63, 3.8) is 0 Å². The Balaban J connectivity index is 1.96. The molecule has 0 amide bonds. The van der Waals surface area contributed by atoms with Crippen LogP contribution in [0.5, 0.6) is 5.75 Å². The molecule has 0 spiro atoms. The predicted molar refractivity (Wildman–Crippen MR) is 79.7 cm³/mol. The third-order valence-electron chi connectivity index (χ3n) is 3.13. The van der Waals surface area contributed by atoms with Crippen LogP contribution >= 0.6 is 11.6 Å². The first-order valence-corrected chi connectivity index (χ1v) is 6.66. The van der Waals surface area contributed by atoms with E-state index in [4.69, 9.17) is 16.3 Å². The molecule has 0 aliphatic carbocycles. The van der Waals surface area contributed by atoms with E-state index in [1.807, 2.05) is 30.3 Å². The number of halogens is 1. The molecule has 2 aromatic rings. The maximum absolute atomic E-state index is 5.95. The minimum Gasteiger partial charge on any atom is -0.496 e. The molecular weight excluding hydrogens is 258 g/mol. The summed E-state index contributed by atoms with van der Waals surface area (Å²) < 4.78 is 5.33. The highest BCUT2D eigenvalue weighted by Crippen LogP contribution is 2.18. The molecule has 2 rings (SSSR count). The van der Waals surface area contributed by atoms with Crippen molar-refractivity contribution in [3.8, 4) is 5.75 Å². The van der Waals surface area contributed by atoms with Crippen LogP contribution in [0.1, 0.15) is 16.7 Å². The van der Waals surface area contributed by atoms with Crippen LogP contribution in [0.25, 0.3) is 0 Å². The highest BCUT2D eigenvalue weighted by Gasteiger charge is 2.02. The quantitative estimate of drug-likeness (QED) is 0.892. The zero-order valence-corrected chi connectivity index (χ0v) is 12.0. The number of rotatable bonds is 5. The molecule has 0 aliphatic rings. The summed E-state index contributed by atoms with van der Waals surface area (Å²) in [6.07, 6.45) is 0. The maximum atomic E-state index is 5.95. The second-order valence-electron chi connectivity index (χ2n) is 4.49. The Morgan fingerprint density at radius 2 is 1.79 bits per heavy atom. The zero-order chi connectivity index (χ0) is 13.7. The van der Waals surface area contributed by atoms with Gasteiger partial charge in [0.15, 0.2) is 0 Å². The third-order valence-corrected chi connectivity index (χ3v) is 3.36. The molecule has 0 unspecified atom stereocenters. The molecular formula is C16H18ClNO. The van der Waals surface area contributed by atoms with E-state index in [9.17, 15) is 0 Å². The SMILES string of the molecule is COc1ccccc1CNCc1ccc(Cl)cc1C. The molecule has 0 heterocycles. The molecule has 0 bridgehead atoms. The van der Waals surface area contributed by atoms with Crippen molar-refractivity contribution in [2.24, 2.45) is 0 Å². The summed E-state index contributed by atoms with van der Waals surface area (Å²) in [5.41, 5.74) is 3.64. The largest absolute Gasteiger partial charge is 0.496 e. The molecule has 0 saturated heterocycles. The Morgan fingerprint density at radius 3 is 2.53 bits per heavy atom. The van der Waals surface area contributed by atoms with E-state index in [2.05, 4.69) is 24.4 Å². The minimum atomic E-state index is 0.783. The minimum absolute atomic E-state index is 0.783. The maximum Gasteiger partial charge on any atom is 0.123 e. The molecule has 0 aliphatic heterocycles. The standard InChI is InChI=1S/C16H18ClNO/c1-12-9-15(17)8-7-13(12)10-18-11-14-5-3-4-6-16(14)19-2/h3-9,18H,10-11H2,1-2H3. The van der Waals surface area contributed by atoms with E-state index >= 15 is 0 Å². The van der Waals surface area contributed by atoms with Crippen molar-refractivity contribution in [1.29, 1.82) is 0 Å². The number of para-hydroxylation sites is 1. The summed E-state index contributed by atoms with van der Waals surface area (Å²) in [6.45, 7) is 3.68. The van der Waals surface area contributed by atoms with Gasteiger partial charge in [0.2, 0.25) is 0 Å². The van der Waals surface area contributed by atoms with E-state index < -0.39 is 0 Å². The second-order valence-corrected chi connectivity index (χ2v) is 4.92. The van der Waals surface area contributed by atoms with Crippen molar-refractivity contribution < 1.29 is 4.74 Å². The Kier molecular flexibility index (Phi) is 4.83. The molecule has 3 heteroatoms. The average Bonchev–Trinajstić information content (AvgIpc) is 2.42. The molecule has 0 radical (unpaired) electrons. The topological polar surface area (TPSA) is 21.3 Å². The van der Waals surface area contributed by atoms with Crippen molar-refractivity contribution >= 4 is 11.6 Å². The highest BCUT2D eigenvalue weighted by atomic mass is 35.5. The van der Waals surface area contributed by atoms with Crippen LogP contribution in [0, 0.1) is 6.92 Å². The van der Waals surface area contributed by atoms with Gasteiger partial charge in [-0.15, -0.1) is 0 Å². The van der Waals surface area contributed by atoms with Gasteiger partial charge in [-0.25, -0.2) is 0 Å². The van der Waals surface area contributed by atoms with Crippen LogP contribution < -0.4 is 10.1 Å². The summed E-state index contributed by atoms with van der Waals surface area (Å²) in [6, 6.07) is 14.0. The number of methoxy groups -OCH3 is 1. The fraction of sp³-hybridized carbons (Fsp3) is 0.250. The van der Waals surface area contributed by atoms with Gasteiger partial charge in [0.05, 0.1) is 7.11 Å².